The van der Waals surface area contributed by atoms with E-state index < -0.39 is 0 Å². The summed E-state index contributed by atoms with van der Waals surface area (Å²) in [5.41, 5.74) is 15.4. The van der Waals surface area contributed by atoms with Crippen molar-refractivity contribution in [3.63, 3.8) is 0 Å². The van der Waals surface area contributed by atoms with E-state index in [1.54, 1.807) is 0 Å². The molecule has 0 saturated carbocycles. The predicted molar refractivity (Wildman–Crippen MR) is 211 cm³/mol. The van der Waals surface area contributed by atoms with Crippen molar-refractivity contribution in [1.82, 2.24) is 4.57 Å². The summed E-state index contributed by atoms with van der Waals surface area (Å²) >= 11 is 0. The first kappa shape index (κ1) is 28.9. The second kappa shape index (κ2) is 11.8. The minimum absolute atomic E-state index is 0.262. The molecule has 2 aliphatic carbocycles. The molecule has 0 spiro atoms. The third-order valence-corrected chi connectivity index (χ3v) is 10.8. The standard InChI is InChI=1S/C48H36N2/c1-3-14-33(15-4-1)35-18-13-19-38(30-35)49-45-24-11-8-21-40(45)42-31-36(26-28-47(42)49)37-27-29-48-43(32-37)41-22-9-12-25-46(41)50(48)44-23-10-7-20-39(44)34-16-5-2-6-17-34/h1-12,14-18,20-32,42,47H,13,19H2. The molecule has 1 aliphatic heterocycles. The lowest BCUT2D eigenvalue weighted by Gasteiger charge is -2.33. The van der Waals surface area contributed by atoms with Crippen molar-refractivity contribution in [2.45, 2.75) is 24.8 Å². The Labute approximate surface area is 293 Å². The number of anilines is 1. The highest BCUT2D eigenvalue weighted by Gasteiger charge is 2.39. The van der Waals surface area contributed by atoms with E-state index >= 15 is 0 Å². The van der Waals surface area contributed by atoms with Crippen LogP contribution in [0.5, 0.6) is 0 Å². The third kappa shape index (κ3) is 4.64. The summed E-state index contributed by atoms with van der Waals surface area (Å²) in [5.74, 6) is 0.285. The van der Waals surface area contributed by atoms with E-state index in [0.29, 0.717) is 0 Å². The van der Waals surface area contributed by atoms with Crippen molar-refractivity contribution in [2.75, 3.05) is 4.90 Å². The number of allylic oxidation sites excluding steroid dienone is 6. The van der Waals surface area contributed by atoms with Crippen molar-refractivity contribution in [3.8, 4) is 16.8 Å². The Bertz CT molecular complexity index is 2540. The molecule has 2 heteroatoms. The van der Waals surface area contributed by atoms with Crippen LogP contribution < -0.4 is 4.90 Å². The molecule has 2 nitrogen and oxygen atoms in total. The van der Waals surface area contributed by atoms with Crippen LogP contribution in [0.2, 0.25) is 0 Å². The highest BCUT2D eigenvalue weighted by molar-refractivity contribution is 6.10. The lowest BCUT2D eigenvalue weighted by molar-refractivity contribution is 0.703. The molecule has 0 radical (unpaired) electrons. The van der Waals surface area contributed by atoms with Gasteiger partial charge in [-0.15, -0.1) is 0 Å². The predicted octanol–water partition coefficient (Wildman–Crippen LogP) is 12.1. The largest absolute Gasteiger partial charge is 0.337 e. The Hall–Kier alpha value is -6.12. The summed E-state index contributed by atoms with van der Waals surface area (Å²) in [5, 5.41) is 2.55. The molecule has 10 rings (SSSR count). The Kier molecular flexibility index (Phi) is 6.80. The van der Waals surface area contributed by atoms with Gasteiger partial charge in [0.25, 0.3) is 0 Å². The SMILES string of the molecule is C1=CC2C(C=C1c1ccc3c(c1)c1ccccc1n3-c1ccccc1-c1ccccc1)c1ccccc1N2C1=CC(c2ccccc2)=CCC1. The Balaban J connectivity index is 1.06. The number of aromatic nitrogens is 1. The van der Waals surface area contributed by atoms with E-state index in [1.165, 1.54) is 77.8 Å². The molecule has 50 heavy (non-hydrogen) atoms. The maximum Gasteiger partial charge on any atom is 0.0626 e. The molecule has 2 heterocycles. The number of hydrogen-bond acceptors (Lipinski definition) is 1. The van der Waals surface area contributed by atoms with Crippen LogP contribution in [0, 0.1) is 0 Å². The highest BCUT2D eigenvalue weighted by atomic mass is 15.2. The van der Waals surface area contributed by atoms with Crippen LogP contribution >= 0.6 is 0 Å². The fourth-order valence-corrected chi connectivity index (χ4v) is 8.53. The van der Waals surface area contributed by atoms with Crippen LogP contribution in [0.25, 0.3) is 49.8 Å². The van der Waals surface area contributed by atoms with Gasteiger partial charge >= 0.3 is 0 Å². The second-order valence-corrected chi connectivity index (χ2v) is 13.6. The number of benzene rings is 6. The van der Waals surface area contributed by atoms with Gasteiger partial charge in [0, 0.05) is 33.6 Å². The van der Waals surface area contributed by atoms with Crippen molar-refractivity contribution >= 4 is 38.6 Å². The van der Waals surface area contributed by atoms with Gasteiger partial charge in [-0.1, -0.05) is 146 Å². The van der Waals surface area contributed by atoms with Crippen molar-refractivity contribution in [2.24, 2.45) is 0 Å². The summed E-state index contributed by atoms with van der Waals surface area (Å²) < 4.78 is 2.44. The van der Waals surface area contributed by atoms with Gasteiger partial charge in [-0.25, -0.2) is 0 Å². The van der Waals surface area contributed by atoms with E-state index in [2.05, 4.69) is 192 Å². The Morgan fingerprint density at radius 3 is 2.10 bits per heavy atom. The summed E-state index contributed by atoms with van der Waals surface area (Å²) in [6.45, 7) is 0. The van der Waals surface area contributed by atoms with Crippen LogP contribution in [0.1, 0.15) is 35.4 Å². The first-order valence-corrected chi connectivity index (χ1v) is 17.7. The molecule has 0 amide bonds. The summed E-state index contributed by atoms with van der Waals surface area (Å²) in [6, 6.07) is 55.5. The van der Waals surface area contributed by atoms with Gasteiger partial charge in [0.2, 0.25) is 0 Å². The first-order valence-electron chi connectivity index (χ1n) is 17.7. The minimum Gasteiger partial charge on any atom is -0.337 e. The molecule has 3 aliphatic rings. The van der Waals surface area contributed by atoms with Crippen molar-refractivity contribution in [1.29, 1.82) is 0 Å². The van der Waals surface area contributed by atoms with Crippen molar-refractivity contribution in [3.05, 3.63) is 204 Å². The van der Waals surface area contributed by atoms with E-state index in [1.807, 2.05) is 0 Å². The van der Waals surface area contributed by atoms with Gasteiger partial charge in [-0.3, -0.25) is 0 Å². The molecule has 0 bridgehead atoms. The minimum atomic E-state index is 0.262. The third-order valence-electron chi connectivity index (χ3n) is 10.8. The molecular weight excluding hydrogens is 605 g/mol. The van der Waals surface area contributed by atoms with Crippen LogP contribution in [0.4, 0.5) is 5.69 Å². The fourth-order valence-electron chi connectivity index (χ4n) is 8.53. The van der Waals surface area contributed by atoms with Crippen LogP contribution in [0.15, 0.2) is 188 Å². The zero-order chi connectivity index (χ0) is 33.0. The lowest BCUT2D eigenvalue weighted by Crippen LogP contribution is -2.33. The van der Waals surface area contributed by atoms with Crippen LogP contribution in [0.3, 0.4) is 0 Å². The molecule has 2 unspecified atom stereocenters. The summed E-state index contributed by atoms with van der Waals surface area (Å²) in [4.78, 5) is 2.61. The zero-order valence-electron chi connectivity index (χ0n) is 27.8. The van der Waals surface area contributed by atoms with E-state index in [4.69, 9.17) is 0 Å². The lowest BCUT2D eigenvalue weighted by atomic mass is 9.86. The normalized spacial score (nSPS) is 18.1. The topological polar surface area (TPSA) is 8.17 Å². The van der Waals surface area contributed by atoms with Gasteiger partial charge < -0.3 is 9.47 Å². The van der Waals surface area contributed by atoms with E-state index in [-0.39, 0.29) is 12.0 Å². The molecule has 238 valence electrons. The number of rotatable bonds is 5. The molecule has 0 saturated heterocycles. The molecule has 0 fully saturated rings. The molecule has 2 atom stereocenters. The quantitative estimate of drug-likeness (QED) is 0.182. The van der Waals surface area contributed by atoms with Crippen molar-refractivity contribution < 1.29 is 0 Å². The smallest absolute Gasteiger partial charge is 0.0626 e. The maximum absolute atomic E-state index is 2.61. The molecular formula is C48H36N2. The van der Waals surface area contributed by atoms with Gasteiger partial charge in [0.05, 0.1) is 22.8 Å². The van der Waals surface area contributed by atoms with E-state index in [0.717, 1.165) is 12.8 Å². The molecule has 1 aromatic heterocycles. The van der Waals surface area contributed by atoms with Crippen LogP contribution in [-0.2, 0) is 0 Å². The number of para-hydroxylation sites is 3. The molecule has 7 aromatic rings. The number of nitrogens with zero attached hydrogens (tertiary/aromatic N) is 2. The van der Waals surface area contributed by atoms with Gasteiger partial charge in [0.15, 0.2) is 0 Å². The highest BCUT2D eigenvalue weighted by Crippen LogP contribution is 2.49. The number of hydrogen-bond donors (Lipinski definition) is 0. The maximum atomic E-state index is 2.61. The fraction of sp³-hybridized carbons (Fsp3) is 0.0833. The zero-order valence-corrected chi connectivity index (χ0v) is 27.8. The number of fused-ring (bicyclic) bond motifs is 6. The second-order valence-electron chi connectivity index (χ2n) is 13.6. The first-order chi connectivity index (χ1) is 24.8. The Morgan fingerprint density at radius 1 is 0.540 bits per heavy atom. The van der Waals surface area contributed by atoms with Crippen LogP contribution in [-0.4, -0.2) is 10.6 Å². The van der Waals surface area contributed by atoms with Gasteiger partial charge in [0.1, 0.15) is 0 Å². The van der Waals surface area contributed by atoms with E-state index in [9.17, 15) is 0 Å². The summed E-state index contributed by atoms with van der Waals surface area (Å²) in [7, 11) is 0. The molecule has 0 N–H and O–H groups in total. The average molecular weight is 641 g/mol. The monoisotopic (exact) mass is 640 g/mol. The molecule has 6 aromatic carbocycles. The van der Waals surface area contributed by atoms with Gasteiger partial charge in [-0.05, 0) is 82.6 Å². The van der Waals surface area contributed by atoms with Gasteiger partial charge in [-0.2, -0.15) is 0 Å². The summed E-state index contributed by atoms with van der Waals surface area (Å²) in [6.07, 6.45) is 14.2. The average Bonchev–Trinajstić information content (AvgIpc) is 3.71. The Morgan fingerprint density at radius 2 is 1.24 bits per heavy atom.